The highest BCUT2D eigenvalue weighted by atomic mass is 32.2. The van der Waals surface area contributed by atoms with Gasteiger partial charge in [0.25, 0.3) is 0 Å². The maximum atomic E-state index is 11.7. The molecule has 3 N–H and O–H groups in total. The van der Waals surface area contributed by atoms with Gasteiger partial charge in [-0.2, -0.15) is 0 Å². The number of aryl methyl sites for hydroxylation is 1. The van der Waals surface area contributed by atoms with E-state index in [0.717, 1.165) is 12.0 Å². The van der Waals surface area contributed by atoms with Crippen molar-refractivity contribution in [2.75, 3.05) is 5.32 Å². The first-order chi connectivity index (χ1) is 8.70. The number of amides is 1. The Hall–Kier alpha value is -1.40. The normalized spacial score (nSPS) is 11.6. The highest BCUT2D eigenvalue weighted by molar-refractivity contribution is 7.89. The molecule has 0 aromatic heterocycles. The summed E-state index contributed by atoms with van der Waals surface area (Å²) >= 11 is 0. The highest BCUT2D eigenvalue weighted by Gasteiger charge is 2.12. The van der Waals surface area contributed by atoms with Crippen molar-refractivity contribution in [3.05, 3.63) is 23.8 Å². The second kappa shape index (κ2) is 6.16. The molecule has 1 aromatic rings. The van der Waals surface area contributed by atoms with Crippen LogP contribution in [0.5, 0.6) is 0 Å². The van der Waals surface area contributed by atoms with Crippen molar-refractivity contribution in [2.45, 2.75) is 38.5 Å². The third kappa shape index (κ3) is 5.00. The van der Waals surface area contributed by atoms with E-state index in [1.165, 1.54) is 12.1 Å². The van der Waals surface area contributed by atoms with Crippen molar-refractivity contribution in [1.29, 1.82) is 0 Å². The molecule has 0 fully saturated rings. The van der Waals surface area contributed by atoms with Gasteiger partial charge >= 0.3 is 0 Å². The second-order valence-corrected chi connectivity index (χ2v) is 6.56. The Kier molecular flexibility index (Phi) is 5.08. The molecule has 6 heteroatoms. The van der Waals surface area contributed by atoms with Gasteiger partial charge in [0.05, 0.1) is 4.90 Å². The summed E-state index contributed by atoms with van der Waals surface area (Å²) in [6, 6.07) is 4.43. The van der Waals surface area contributed by atoms with Crippen LogP contribution < -0.4 is 10.5 Å². The second-order valence-electron chi connectivity index (χ2n) is 5.00. The van der Waals surface area contributed by atoms with Crippen LogP contribution in [0.1, 0.15) is 32.3 Å². The van der Waals surface area contributed by atoms with Crippen LogP contribution in [0.3, 0.4) is 0 Å². The SMILES string of the molecule is Cc1ccc(S(N)(=O)=O)cc1NC(=O)CCC(C)C. The molecule has 0 aliphatic rings. The molecule has 0 atom stereocenters. The molecule has 19 heavy (non-hydrogen) atoms. The Balaban J connectivity index is 2.86. The monoisotopic (exact) mass is 284 g/mol. The van der Waals surface area contributed by atoms with Gasteiger partial charge in [-0.15, -0.1) is 0 Å². The third-order valence-electron chi connectivity index (χ3n) is 2.76. The van der Waals surface area contributed by atoms with Gasteiger partial charge in [-0.05, 0) is 37.0 Å². The summed E-state index contributed by atoms with van der Waals surface area (Å²) in [5.74, 6) is 0.325. The molecule has 0 radical (unpaired) electrons. The predicted octanol–water partition coefficient (Wildman–Crippen LogP) is 2.02. The fourth-order valence-electron chi connectivity index (χ4n) is 1.55. The summed E-state index contributed by atoms with van der Waals surface area (Å²) in [6.45, 7) is 5.88. The van der Waals surface area contributed by atoms with E-state index < -0.39 is 10.0 Å². The molecule has 0 heterocycles. The van der Waals surface area contributed by atoms with Gasteiger partial charge in [0.1, 0.15) is 0 Å². The molecular weight excluding hydrogens is 264 g/mol. The van der Waals surface area contributed by atoms with Crippen molar-refractivity contribution in [2.24, 2.45) is 11.1 Å². The fraction of sp³-hybridized carbons (Fsp3) is 0.462. The average Bonchev–Trinajstić information content (AvgIpc) is 2.28. The number of benzene rings is 1. The van der Waals surface area contributed by atoms with E-state index >= 15 is 0 Å². The number of rotatable bonds is 5. The molecule has 0 bridgehead atoms. The van der Waals surface area contributed by atoms with E-state index in [1.54, 1.807) is 13.0 Å². The molecule has 0 unspecified atom stereocenters. The van der Waals surface area contributed by atoms with E-state index in [1.807, 2.05) is 13.8 Å². The van der Waals surface area contributed by atoms with Gasteiger partial charge < -0.3 is 5.32 Å². The molecule has 0 aliphatic carbocycles. The smallest absolute Gasteiger partial charge is 0.238 e. The van der Waals surface area contributed by atoms with Gasteiger partial charge in [-0.1, -0.05) is 19.9 Å². The molecular formula is C13H20N2O3S. The van der Waals surface area contributed by atoms with Crippen LogP contribution >= 0.6 is 0 Å². The van der Waals surface area contributed by atoms with Crippen LogP contribution in [0.2, 0.25) is 0 Å². The molecule has 106 valence electrons. The minimum atomic E-state index is -3.75. The van der Waals surface area contributed by atoms with Gasteiger partial charge in [-0.3, -0.25) is 4.79 Å². The van der Waals surface area contributed by atoms with Gasteiger partial charge in [0.2, 0.25) is 15.9 Å². The Morgan fingerprint density at radius 2 is 2.00 bits per heavy atom. The van der Waals surface area contributed by atoms with Gasteiger partial charge in [-0.25, -0.2) is 13.6 Å². The molecule has 1 rings (SSSR count). The summed E-state index contributed by atoms with van der Waals surface area (Å²) in [5.41, 5.74) is 1.28. The van der Waals surface area contributed by atoms with Crippen molar-refractivity contribution < 1.29 is 13.2 Å². The number of sulfonamides is 1. The van der Waals surface area contributed by atoms with Crippen molar-refractivity contribution in [3.8, 4) is 0 Å². The van der Waals surface area contributed by atoms with Gasteiger partial charge in [0.15, 0.2) is 0 Å². The van der Waals surface area contributed by atoms with E-state index in [-0.39, 0.29) is 10.8 Å². The van der Waals surface area contributed by atoms with E-state index in [9.17, 15) is 13.2 Å². The maximum absolute atomic E-state index is 11.7. The molecule has 0 spiro atoms. The predicted molar refractivity (Wildman–Crippen MR) is 75.3 cm³/mol. The maximum Gasteiger partial charge on any atom is 0.238 e. The molecule has 0 saturated heterocycles. The van der Waals surface area contributed by atoms with Crippen molar-refractivity contribution in [3.63, 3.8) is 0 Å². The number of carbonyl (C=O) groups is 1. The molecule has 0 saturated carbocycles. The lowest BCUT2D eigenvalue weighted by Gasteiger charge is -2.10. The minimum absolute atomic E-state index is 0.00254. The van der Waals surface area contributed by atoms with Crippen molar-refractivity contribution in [1.82, 2.24) is 0 Å². The Morgan fingerprint density at radius 3 is 2.53 bits per heavy atom. The molecule has 0 aliphatic heterocycles. The van der Waals surface area contributed by atoms with Gasteiger partial charge in [0, 0.05) is 12.1 Å². The molecule has 5 nitrogen and oxygen atoms in total. The Morgan fingerprint density at radius 1 is 1.37 bits per heavy atom. The first kappa shape index (κ1) is 15.7. The number of anilines is 1. The van der Waals surface area contributed by atoms with Crippen LogP contribution in [-0.4, -0.2) is 14.3 Å². The number of hydrogen-bond acceptors (Lipinski definition) is 3. The van der Waals surface area contributed by atoms with E-state index in [2.05, 4.69) is 5.32 Å². The third-order valence-corrected chi connectivity index (χ3v) is 3.67. The minimum Gasteiger partial charge on any atom is -0.326 e. The standard InChI is InChI=1S/C13H20N2O3S/c1-9(2)4-7-13(16)15-12-8-11(19(14,17)18)6-5-10(12)3/h5-6,8-9H,4,7H2,1-3H3,(H,15,16)(H2,14,17,18). The zero-order chi connectivity index (χ0) is 14.6. The van der Waals surface area contributed by atoms with Crippen LogP contribution in [0, 0.1) is 12.8 Å². The van der Waals surface area contributed by atoms with E-state index in [0.29, 0.717) is 18.0 Å². The summed E-state index contributed by atoms with van der Waals surface area (Å²) < 4.78 is 22.5. The van der Waals surface area contributed by atoms with Crippen molar-refractivity contribution >= 4 is 21.6 Å². The van der Waals surface area contributed by atoms with Crippen LogP contribution in [0.25, 0.3) is 0 Å². The highest BCUT2D eigenvalue weighted by Crippen LogP contribution is 2.20. The fourth-order valence-corrected chi connectivity index (χ4v) is 2.09. The zero-order valence-electron chi connectivity index (χ0n) is 11.4. The summed E-state index contributed by atoms with van der Waals surface area (Å²) in [4.78, 5) is 11.7. The quantitative estimate of drug-likeness (QED) is 0.866. The number of primary sulfonamides is 1. The first-order valence-corrected chi connectivity index (χ1v) is 7.68. The molecule has 1 amide bonds. The Labute approximate surface area is 114 Å². The summed E-state index contributed by atoms with van der Waals surface area (Å²) in [7, 11) is -3.75. The van der Waals surface area contributed by atoms with Crippen LogP contribution in [-0.2, 0) is 14.8 Å². The summed E-state index contributed by atoms with van der Waals surface area (Å²) in [6.07, 6.45) is 1.20. The zero-order valence-corrected chi connectivity index (χ0v) is 12.3. The number of nitrogens with two attached hydrogens (primary N) is 1. The number of hydrogen-bond donors (Lipinski definition) is 2. The first-order valence-electron chi connectivity index (χ1n) is 6.13. The van der Waals surface area contributed by atoms with Crippen LogP contribution in [0.15, 0.2) is 23.1 Å². The average molecular weight is 284 g/mol. The van der Waals surface area contributed by atoms with Crippen LogP contribution in [0.4, 0.5) is 5.69 Å². The lowest BCUT2D eigenvalue weighted by Crippen LogP contribution is -2.15. The topological polar surface area (TPSA) is 89.3 Å². The lowest BCUT2D eigenvalue weighted by molar-refractivity contribution is -0.116. The largest absolute Gasteiger partial charge is 0.326 e. The number of carbonyl (C=O) groups excluding carboxylic acids is 1. The Bertz CT molecular complexity index is 565. The summed E-state index contributed by atoms with van der Waals surface area (Å²) in [5, 5.41) is 7.78. The number of nitrogens with one attached hydrogen (secondary N) is 1. The lowest BCUT2D eigenvalue weighted by atomic mass is 10.1. The molecule has 1 aromatic carbocycles. The van der Waals surface area contributed by atoms with E-state index in [4.69, 9.17) is 5.14 Å².